The molecule has 0 aliphatic rings. The van der Waals surface area contributed by atoms with Crippen molar-refractivity contribution in [2.24, 2.45) is 0 Å². The molecule has 1 aromatic rings. The van der Waals surface area contributed by atoms with E-state index in [1.807, 2.05) is 0 Å². The first-order chi connectivity index (χ1) is 7.34. The molecule has 3 nitrogen and oxygen atoms in total. The molecule has 1 rings (SSSR count). The first-order valence-corrected chi connectivity index (χ1v) is 4.38. The average Bonchev–Trinajstić information content (AvgIpc) is 2.12. The minimum atomic E-state index is -1.35. The van der Waals surface area contributed by atoms with Gasteiger partial charge in [-0.3, -0.25) is 9.69 Å². The fraction of sp³-hybridized carbons (Fsp3) is 0.300. The first-order valence-electron chi connectivity index (χ1n) is 4.38. The Hall–Kier alpha value is -1.56. The minimum absolute atomic E-state index is 0.337. The van der Waals surface area contributed by atoms with Crippen molar-refractivity contribution in [3.05, 3.63) is 35.1 Å². The van der Waals surface area contributed by atoms with Gasteiger partial charge in [0.05, 0.1) is 0 Å². The Morgan fingerprint density at radius 3 is 2.12 bits per heavy atom. The standard InChI is InChI=1S/C10H10F3NO2/c1-14(2)9(10(15)16)5-3-7(12)8(13)4-6(5)11/h3-4,9H,1-2H3,(H,15,16). The Morgan fingerprint density at radius 1 is 1.19 bits per heavy atom. The van der Waals surface area contributed by atoms with Gasteiger partial charge in [0.25, 0.3) is 0 Å². The van der Waals surface area contributed by atoms with Crippen LogP contribution in [0.1, 0.15) is 11.6 Å². The monoisotopic (exact) mass is 233 g/mol. The molecule has 0 heterocycles. The summed E-state index contributed by atoms with van der Waals surface area (Å²) in [6.45, 7) is 0. The lowest BCUT2D eigenvalue weighted by atomic mass is 10.1. The molecule has 0 aliphatic carbocycles. The fourth-order valence-corrected chi connectivity index (χ4v) is 1.38. The minimum Gasteiger partial charge on any atom is -0.480 e. The number of halogens is 3. The molecule has 1 unspecified atom stereocenters. The molecular formula is C10H10F3NO2. The molecule has 0 spiro atoms. The number of carbonyl (C=O) groups is 1. The summed E-state index contributed by atoms with van der Waals surface area (Å²) in [6.07, 6.45) is 0. The summed E-state index contributed by atoms with van der Waals surface area (Å²) in [5.74, 6) is -5.04. The van der Waals surface area contributed by atoms with Crippen LogP contribution >= 0.6 is 0 Å². The summed E-state index contributed by atoms with van der Waals surface area (Å²) in [4.78, 5) is 12.1. The Labute approximate surface area is 90.1 Å². The van der Waals surface area contributed by atoms with E-state index in [2.05, 4.69) is 0 Å². The third kappa shape index (κ3) is 2.33. The second-order valence-electron chi connectivity index (χ2n) is 3.49. The number of likely N-dealkylation sites (N-methyl/N-ethyl adjacent to an activating group) is 1. The van der Waals surface area contributed by atoms with Crippen molar-refractivity contribution in [2.45, 2.75) is 6.04 Å². The van der Waals surface area contributed by atoms with Gasteiger partial charge in [0.2, 0.25) is 0 Å². The molecule has 1 aromatic carbocycles. The number of hydrogen-bond acceptors (Lipinski definition) is 2. The van der Waals surface area contributed by atoms with E-state index in [0.717, 1.165) is 0 Å². The molecule has 0 aromatic heterocycles. The van der Waals surface area contributed by atoms with Gasteiger partial charge in [-0.05, 0) is 20.2 Å². The van der Waals surface area contributed by atoms with Gasteiger partial charge < -0.3 is 5.11 Å². The van der Waals surface area contributed by atoms with Gasteiger partial charge in [-0.25, -0.2) is 13.2 Å². The molecule has 0 aliphatic heterocycles. The van der Waals surface area contributed by atoms with Crippen LogP contribution in [0.5, 0.6) is 0 Å². The molecule has 0 fully saturated rings. The Bertz CT molecular complexity index is 421. The second-order valence-corrected chi connectivity index (χ2v) is 3.49. The molecule has 1 atom stereocenters. The van der Waals surface area contributed by atoms with Crippen molar-refractivity contribution < 1.29 is 23.1 Å². The molecule has 6 heteroatoms. The number of nitrogens with zero attached hydrogens (tertiary/aromatic N) is 1. The number of rotatable bonds is 3. The topological polar surface area (TPSA) is 40.5 Å². The molecular weight excluding hydrogens is 223 g/mol. The lowest BCUT2D eigenvalue weighted by molar-refractivity contribution is -0.142. The van der Waals surface area contributed by atoms with E-state index in [-0.39, 0.29) is 0 Å². The maximum absolute atomic E-state index is 13.3. The van der Waals surface area contributed by atoms with Crippen LogP contribution in [-0.4, -0.2) is 30.1 Å². The third-order valence-corrected chi connectivity index (χ3v) is 2.08. The largest absolute Gasteiger partial charge is 0.480 e. The lowest BCUT2D eigenvalue weighted by Crippen LogP contribution is -2.28. The van der Waals surface area contributed by atoms with Crippen molar-refractivity contribution >= 4 is 5.97 Å². The van der Waals surface area contributed by atoms with Crippen LogP contribution in [0.15, 0.2) is 12.1 Å². The summed E-state index contributed by atoms with van der Waals surface area (Å²) >= 11 is 0. The maximum atomic E-state index is 13.3. The van der Waals surface area contributed by atoms with Crippen LogP contribution < -0.4 is 0 Å². The number of carboxylic acids is 1. The highest BCUT2D eigenvalue weighted by atomic mass is 19.2. The fourth-order valence-electron chi connectivity index (χ4n) is 1.38. The van der Waals surface area contributed by atoms with E-state index in [1.165, 1.54) is 19.0 Å². The van der Waals surface area contributed by atoms with Crippen molar-refractivity contribution in [3.63, 3.8) is 0 Å². The van der Waals surface area contributed by atoms with Crippen LogP contribution in [0, 0.1) is 17.5 Å². The molecule has 0 amide bonds. The Kier molecular flexibility index (Phi) is 3.54. The summed E-state index contributed by atoms with van der Waals surface area (Å²) < 4.78 is 38.8. The van der Waals surface area contributed by atoms with Crippen LogP contribution in [0.3, 0.4) is 0 Å². The van der Waals surface area contributed by atoms with Crippen LogP contribution in [0.2, 0.25) is 0 Å². The molecule has 0 bridgehead atoms. The smallest absolute Gasteiger partial charge is 0.325 e. The van der Waals surface area contributed by atoms with Gasteiger partial charge >= 0.3 is 5.97 Å². The van der Waals surface area contributed by atoms with Crippen LogP contribution in [0.25, 0.3) is 0 Å². The molecule has 88 valence electrons. The lowest BCUT2D eigenvalue weighted by Gasteiger charge is -2.20. The zero-order chi connectivity index (χ0) is 12.5. The molecule has 0 radical (unpaired) electrons. The quantitative estimate of drug-likeness (QED) is 0.809. The molecule has 16 heavy (non-hydrogen) atoms. The summed E-state index contributed by atoms with van der Waals surface area (Å²) in [5.41, 5.74) is -0.406. The van der Waals surface area contributed by atoms with Crippen LogP contribution in [0.4, 0.5) is 13.2 Å². The van der Waals surface area contributed by atoms with Gasteiger partial charge in [-0.1, -0.05) is 0 Å². The van der Waals surface area contributed by atoms with Gasteiger partial charge in [0.1, 0.15) is 11.9 Å². The summed E-state index contributed by atoms with van der Waals surface area (Å²) in [5, 5.41) is 8.86. The van der Waals surface area contributed by atoms with Gasteiger partial charge in [0.15, 0.2) is 11.6 Å². The average molecular weight is 233 g/mol. The number of benzene rings is 1. The van der Waals surface area contributed by atoms with Crippen molar-refractivity contribution in [3.8, 4) is 0 Å². The van der Waals surface area contributed by atoms with E-state index in [1.54, 1.807) is 0 Å². The number of hydrogen-bond donors (Lipinski definition) is 1. The summed E-state index contributed by atoms with van der Waals surface area (Å²) in [6, 6.07) is -0.455. The Morgan fingerprint density at radius 2 is 1.69 bits per heavy atom. The van der Waals surface area contributed by atoms with E-state index >= 15 is 0 Å². The van der Waals surface area contributed by atoms with Crippen molar-refractivity contribution in [1.29, 1.82) is 0 Å². The van der Waals surface area contributed by atoms with E-state index < -0.39 is 35.0 Å². The van der Waals surface area contributed by atoms with Crippen molar-refractivity contribution in [1.82, 2.24) is 4.90 Å². The predicted molar refractivity (Wildman–Crippen MR) is 50.4 cm³/mol. The molecule has 1 N–H and O–H groups in total. The maximum Gasteiger partial charge on any atom is 0.325 e. The Balaban J connectivity index is 3.30. The highest BCUT2D eigenvalue weighted by Crippen LogP contribution is 2.24. The van der Waals surface area contributed by atoms with E-state index in [4.69, 9.17) is 5.11 Å². The number of aliphatic carboxylic acids is 1. The molecule has 0 saturated carbocycles. The van der Waals surface area contributed by atoms with E-state index in [9.17, 15) is 18.0 Å². The SMILES string of the molecule is CN(C)C(C(=O)O)c1cc(F)c(F)cc1F. The van der Waals surface area contributed by atoms with Gasteiger partial charge in [-0.15, -0.1) is 0 Å². The van der Waals surface area contributed by atoms with Crippen molar-refractivity contribution in [2.75, 3.05) is 14.1 Å². The summed E-state index contributed by atoms with van der Waals surface area (Å²) in [7, 11) is 2.80. The zero-order valence-corrected chi connectivity index (χ0v) is 8.67. The van der Waals surface area contributed by atoms with E-state index in [0.29, 0.717) is 12.1 Å². The number of carboxylic acid groups (broad SMARTS) is 1. The van der Waals surface area contributed by atoms with Gasteiger partial charge in [0, 0.05) is 11.6 Å². The first kappa shape index (κ1) is 12.5. The predicted octanol–water partition coefficient (Wildman–Crippen LogP) is 1.79. The normalized spacial score (nSPS) is 12.9. The third-order valence-electron chi connectivity index (χ3n) is 2.08. The van der Waals surface area contributed by atoms with Gasteiger partial charge in [-0.2, -0.15) is 0 Å². The zero-order valence-electron chi connectivity index (χ0n) is 8.67. The molecule has 0 saturated heterocycles. The highest BCUT2D eigenvalue weighted by Gasteiger charge is 2.26. The van der Waals surface area contributed by atoms with Crippen LogP contribution in [-0.2, 0) is 4.79 Å². The second kappa shape index (κ2) is 4.52. The highest BCUT2D eigenvalue weighted by molar-refractivity contribution is 5.75.